The van der Waals surface area contributed by atoms with E-state index in [9.17, 15) is 8.42 Å². The molecular weight excluding hydrogens is 198 g/mol. The Morgan fingerprint density at radius 2 is 2.25 bits per heavy atom. The molecule has 1 aromatic rings. The van der Waals surface area contributed by atoms with Crippen LogP contribution in [-0.2, 0) is 9.84 Å². The second-order valence-corrected chi connectivity index (χ2v) is 4.61. The first-order valence-electron chi connectivity index (χ1n) is 2.96. The predicted molar refractivity (Wildman–Crippen MR) is 46.9 cm³/mol. The first kappa shape index (κ1) is 9.14. The quantitative estimate of drug-likeness (QED) is 0.636. The van der Waals surface area contributed by atoms with Crippen molar-refractivity contribution in [2.45, 2.75) is 4.90 Å². The summed E-state index contributed by atoms with van der Waals surface area (Å²) in [6.07, 6.45) is 2.20. The Hall–Kier alpha value is -0.950. The maximum atomic E-state index is 11.0. The van der Waals surface area contributed by atoms with E-state index in [0.717, 1.165) is 12.5 Å². The van der Waals surface area contributed by atoms with E-state index in [0.29, 0.717) is 0 Å². The van der Waals surface area contributed by atoms with Crippen LogP contribution in [0.4, 0.5) is 5.82 Å². The summed E-state index contributed by atoms with van der Waals surface area (Å²) < 4.78 is 22.1. The van der Waals surface area contributed by atoms with Crippen LogP contribution in [0.1, 0.15) is 0 Å². The second-order valence-electron chi connectivity index (χ2n) is 2.24. The number of aromatic nitrogens is 2. The maximum Gasteiger partial charge on any atom is 0.198 e. The van der Waals surface area contributed by atoms with E-state index in [-0.39, 0.29) is 15.5 Å². The number of nitrogens with one attached hydrogen (secondary N) is 1. The standard InChI is InChI=1S/C5H7N3O2S2/c1-12(9,10)3-2-7-5(11)8-4(3)6/h2H,1H3,(H3,6,7,8,11). The van der Waals surface area contributed by atoms with Gasteiger partial charge in [-0.05, 0) is 12.2 Å². The third kappa shape index (κ3) is 1.80. The highest BCUT2D eigenvalue weighted by Crippen LogP contribution is 2.12. The zero-order valence-electron chi connectivity index (χ0n) is 6.23. The van der Waals surface area contributed by atoms with Crippen LogP contribution in [0, 0.1) is 4.77 Å². The molecule has 3 N–H and O–H groups in total. The predicted octanol–water partition coefficient (Wildman–Crippen LogP) is 0.125. The summed E-state index contributed by atoms with van der Waals surface area (Å²) in [4.78, 5) is 6.02. The van der Waals surface area contributed by atoms with Crippen molar-refractivity contribution in [3.63, 3.8) is 0 Å². The van der Waals surface area contributed by atoms with E-state index >= 15 is 0 Å². The fraction of sp³-hybridized carbons (Fsp3) is 0.200. The number of H-pyrrole nitrogens is 1. The Balaban J connectivity index is 3.49. The van der Waals surface area contributed by atoms with Gasteiger partial charge in [0.15, 0.2) is 14.6 Å². The van der Waals surface area contributed by atoms with E-state index < -0.39 is 9.84 Å². The number of sulfone groups is 1. The lowest BCUT2D eigenvalue weighted by molar-refractivity contribution is 0.601. The minimum atomic E-state index is -3.32. The number of rotatable bonds is 1. The molecule has 0 bridgehead atoms. The van der Waals surface area contributed by atoms with Crippen LogP contribution in [-0.4, -0.2) is 24.6 Å². The lowest BCUT2D eigenvalue weighted by atomic mass is 10.6. The Labute approximate surface area is 74.6 Å². The van der Waals surface area contributed by atoms with Gasteiger partial charge in [-0.25, -0.2) is 13.4 Å². The molecule has 1 aromatic heterocycles. The van der Waals surface area contributed by atoms with Gasteiger partial charge in [-0.3, -0.25) is 0 Å². The van der Waals surface area contributed by atoms with Crippen LogP contribution in [0.2, 0.25) is 0 Å². The molecule has 1 heterocycles. The Kier molecular flexibility index (Phi) is 2.16. The zero-order valence-corrected chi connectivity index (χ0v) is 7.87. The highest BCUT2D eigenvalue weighted by molar-refractivity contribution is 7.90. The topological polar surface area (TPSA) is 88.8 Å². The van der Waals surface area contributed by atoms with Gasteiger partial charge in [-0.1, -0.05) is 0 Å². The molecule has 0 aromatic carbocycles. The zero-order chi connectivity index (χ0) is 9.35. The summed E-state index contributed by atoms with van der Waals surface area (Å²) in [5.74, 6) is 0.0255. The van der Waals surface area contributed by atoms with Gasteiger partial charge in [0, 0.05) is 6.26 Å². The summed E-state index contributed by atoms with van der Waals surface area (Å²) in [7, 11) is -3.32. The number of anilines is 1. The number of nitrogen functional groups attached to an aromatic ring is 1. The number of hydrogen-bond acceptors (Lipinski definition) is 5. The van der Waals surface area contributed by atoms with E-state index in [1.54, 1.807) is 0 Å². The molecule has 66 valence electrons. The Bertz CT molecular complexity index is 448. The van der Waals surface area contributed by atoms with Crippen molar-refractivity contribution in [2.24, 2.45) is 0 Å². The van der Waals surface area contributed by atoms with Crippen LogP contribution < -0.4 is 5.73 Å². The molecule has 0 fully saturated rings. The summed E-state index contributed by atoms with van der Waals surface area (Å²) in [6.45, 7) is 0. The van der Waals surface area contributed by atoms with Gasteiger partial charge in [0.1, 0.15) is 10.7 Å². The van der Waals surface area contributed by atoms with Crippen LogP contribution >= 0.6 is 12.2 Å². The van der Waals surface area contributed by atoms with Crippen LogP contribution in [0.15, 0.2) is 11.1 Å². The van der Waals surface area contributed by atoms with Crippen molar-refractivity contribution in [3.8, 4) is 0 Å². The molecule has 0 aliphatic heterocycles. The van der Waals surface area contributed by atoms with Crippen molar-refractivity contribution in [1.29, 1.82) is 0 Å². The Morgan fingerprint density at radius 3 is 2.67 bits per heavy atom. The van der Waals surface area contributed by atoms with Gasteiger partial charge in [-0.15, -0.1) is 0 Å². The van der Waals surface area contributed by atoms with Gasteiger partial charge >= 0.3 is 0 Å². The van der Waals surface area contributed by atoms with Crippen LogP contribution in [0.5, 0.6) is 0 Å². The molecular formula is C5H7N3O2S2. The molecule has 0 saturated carbocycles. The second kappa shape index (κ2) is 2.83. The van der Waals surface area contributed by atoms with Crippen molar-refractivity contribution in [3.05, 3.63) is 11.0 Å². The fourth-order valence-corrected chi connectivity index (χ4v) is 1.55. The number of nitrogens with two attached hydrogens (primary N) is 1. The molecule has 0 atom stereocenters. The normalized spacial score (nSPS) is 11.4. The average molecular weight is 205 g/mol. The molecule has 0 aliphatic rings. The number of nitrogens with zero attached hydrogens (tertiary/aromatic N) is 1. The number of hydrogen-bond donors (Lipinski definition) is 2. The molecule has 0 unspecified atom stereocenters. The maximum absolute atomic E-state index is 11.0. The van der Waals surface area contributed by atoms with Gasteiger partial charge in [0.05, 0.1) is 6.20 Å². The van der Waals surface area contributed by atoms with Crippen LogP contribution in [0.25, 0.3) is 0 Å². The SMILES string of the molecule is CS(=O)(=O)c1cnc(=S)[nH]c1N. The molecule has 0 saturated heterocycles. The minimum Gasteiger partial charge on any atom is -0.384 e. The number of aromatic amines is 1. The summed E-state index contributed by atoms with van der Waals surface area (Å²) in [5.41, 5.74) is 5.37. The lowest BCUT2D eigenvalue weighted by Crippen LogP contribution is -2.05. The van der Waals surface area contributed by atoms with Crippen molar-refractivity contribution < 1.29 is 8.42 Å². The summed E-state index contributed by atoms with van der Waals surface area (Å²) in [5, 5.41) is 0. The largest absolute Gasteiger partial charge is 0.384 e. The first-order chi connectivity index (χ1) is 5.41. The summed E-state index contributed by atoms with van der Waals surface area (Å²) in [6, 6.07) is 0. The van der Waals surface area contributed by atoms with E-state index in [2.05, 4.69) is 22.2 Å². The fourth-order valence-electron chi connectivity index (χ4n) is 0.691. The van der Waals surface area contributed by atoms with Gasteiger partial charge in [-0.2, -0.15) is 0 Å². The lowest BCUT2D eigenvalue weighted by Gasteiger charge is -2.00. The molecule has 12 heavy (non-hydrogen) atoms. The van der Waals surface area contributed by atoms with Crippen molar-refractivity contribution in [2.75, 3.05) is 12.0 Å². The third-order valence-electron chi connectivity index (χ3n) is 1.21. The van der Waals surface area contributed by atoms with E-state index in [1.807, 2.05) is 0 Å². The average Bonchev–Trinajstić information content (AvgIpc) is 1.83. The van der Waals surface area contributed by atoms with Gasteiger partial charge in [0.2, 0.25) is 0 Å². The third-order valence-corrected chi connectivity index (χ3v) is 2.54. The molecule has 0 aliphatic carbocycles. The summed E-state index contributed by atoms with van der Waals surface area (Å²) >= 11 is 4.64. The molecule has 1 rings (SSSR count). The smallest absolute Gasteiger partial charge is 0.198 e. The molecule has 0 amide bonds. The highest BCUT2D eigenvalue weighted by Gasteiger charge is 2.11. The van der Waals surface area contributed by atoms with Crippen molar-refractivity contribution >= 4 is 27.9 Å². The van der Waals surface area contributed by atoms with E-state index in [4.69, 9.17) is 5.73 Å². The van der Waals surface area contributed by atoms with Crippen molar-refractivity contribution in [1.82, 2.24) is 9.97 Å². The Morgan fingerprint density at radius 1 is 1.67 bits per heavy atom. The highest BCUT2D eigenvalue weighted by atomic mass is 32.2. The van der Waals surface area contributed by atoms with Gasteiger partial charge in [0.25, 0.3) is 0 Å². The molecule has 0 radical (unpaired) electrons. The monoisotopic (exact) mass is 205 g/mol. The first-order valence-corrected chi connectivity index (χ1v) is 5.26. The minimum absolute atomic E-state index is 0.0255. The van der Waals surface area contributed by atoms with Crippen LogP contribution in [0.3, 0.4) is 0 Å². The van der Waals surface area contributed by atoms with Gasteiger partial charge < -0.3 is 10.7 Å². The van der Waals surface area contributed by atoms with E-state index in [1.165, 1.54) is 0 Å². The molecule has 0 spiro atoms. The molecule has 5 nitrogen and oxygen atoms in total. The molecule has 7 heteroatoms.